The molecule has 3 nitrogen and oxygen atoms in total. The van der Waals surface area contributed by atoms with Gasteiger partial charge in [0.05, 0.1) is 18.3 Å². The van der Waals surface area contributed by atoms with Gasteiger partial charge in [-0.3, -0.25) is 0 Å². The monoisotopic (exact) mass is 253 g/mol. The van der Waals surface area contributed by atoms with Crippen molar-refractivity contribution in [3.8, 4) is 0 Å². The molecule has 0 amide bonds. The van der Waals surface area contributed by atoms with E-state index in [0.717, 1.165) is 12.8 Å². The van der Waals surface area contributed by atoms with E-state index < -0.39 is 0 Å². The molecule has 16 heavy (non-hydrogen) atoms. The van der Waals surface area contributed by atoms with Crippen molar-refractivity contribution < 1.29 is 65.7 Å². The van der Waals surface area contributed by atoms with Gasteiger partial charge in [0.25, 0.3) is 0 Å². The molecular weight excluding hydrogens is 231 g/mol. The average molecular weight is 253 g/mol. The molecule has 1 aliphatic heterocycles. The number of carbonyl (C=O) groups excluding carboxylic acids is 1. The first kappa shape index (κ1) is 19.4. The molecular formula is C12H22KO3-. The fourth-order valence-electron chi connectivity index (χ4n) is 1.90. The van der Waals surface area contributed by atoms with Crippen molar-refractivity contribution in [3.05, 3.63) is 7.43 Å². The van der Waals surface area contributed by atoms with E-state index in [-0.39, 0.29) is 82.5 Å². The first-order valence-electron chi connectivity index (χ1n) is 5.13. The van der Waals surface area contributed by atoms with E-state index in [1.165, 1.54) is 6.47 Å². The molecule has 3 atom stereocenters. The molecule has 0 spiro atoms. The van der Waals surface area contributed by atoms with E-state index >= 15 is 0 Å². The molecule has 0 bridgehead atoms. The van der Waals surface area contributed by atoms with Crippen LogP contribution >= 0.6 is 0 Å². The van der Waals surface area contributed by atoms with E-state index in [4.69, 9.17) is 9.47 Å². The Balaban J connectivity index is 0. The van der Waals surface area contributed by atoms with E-state index in [0.29, 0.717) is 0 Å². The molecule has 0 N–H and O–H groups in total. The zero-order valence-corrected chi connectivity index (χ0v) is 14.5. The summed E-state index contributed by atoms with van der Waals surface area (Å²) in [6.45, 7) is 9.86. The van der Waals surface area contributed by atoms with E-state index in [1.807, 2.05) is 0 Å². The van der Waals surface area contributed by atoms with Crippen molar-refractivity contribution in [1.29, 1.82) is 0 Å². The Bertz CT molecular complexity index is 201. The van der Waals surface area contributed by atoms with Crippen molar-refractivity contribution in [2.24, 2.45) is 5.41 Å². The van der Waals surface area contributed by atoms with Gasteiger partial charge in [0, 0.05) is 0 Å². The zero-order valence-electron chi connectivity index (χ0n) is 11.4. The second-order valence-corrected chi connectivity index (χ2v) is 5.05. The smallest absolute Gasteiger partial charge is 0.649 e. The second-order valence-electron chi connectivity index (χ2n) is 5.05. The molecule has 0 aromatic rings. The zero-order chi connectivity index (χ0) is 10.8. The van der Waals surface area contributed by atoms with Crippen molar-refractivity contribution in [1.82, 2.24) is 0 Å². The molecule has 1 fully saturated rings. The molecule has 1 rings (SSSR count). The van der Waals surface area contributed by atoms with Crippen LogP contribution in [-0.4, -0.2) is 24.8 Å². The van der Waals surface area contributed by atoms with Crippen LogP contribution < -0.4 is 51.4 Å². The van der Waals surface area contributed by atoms with Crippen LogP contribution in [0.5, 0.6) is 0 Å². The van der Waals surface area contributed by atoms with Crippen LogP contribution in [-0.2, 0) is 14.3 Å². The van der Waals surface area contributed by atoms with Gasteiger partial charge < -0.3 is 21.7 Å². The summed E-state index contributed by atoms with van der Waals surface area (Å²) in [7, 11) is 0. The largest absolute Gasteiger partial charge is 1.00 e. The molecule has 0 aliphatic carbocycles. The normalized spacial score (nSPS) is 29.6. The summed E-state index contributed by atoms with van der Waals surface area (Å²) in [6, 6.07) is 0. The SMILES string of the molecule is CC1CCC(O[C-]=O)C(C(C)(C)C)O1.[CH3-].[K+]. The van der Waals surface area contributed by atoms with E-state index in [1.54, 1.807) is 0 Å². The summed E-state index contributed by atoms with van der Waals surface area (Å²) in [5, 5.41) is 0. The van der Waals surface area contributed by atoms with Gasteiger partial charge in [0.15, 0.2) is 0 Å². The predicted octanol–water partition coefficient (Wildman–Crippen LogP) is -0.493. The Hall–Kier alpha value is 1.07. The molecule has 1 saturated heterocycles. The summed E-state index contributed by atoms with van der Waals surface area (Å²) in [5.74, 6) is 0. The predicted molar refractivity (Wildman–Crippen MR) is 60.0 cm³/mol. The minimum Gasteiger partial charge on any atom is -0.649 e. The number of ether oxygens (including phenoxy) is 2. The van der Waals surface area contributed by atoms with Crippen molar-refractivity contribution in [3.63, 3.8) is 0 Å². The van der Waals surface area contributed by atoms with Crippen LogP contribution in [0, 0.1) is 12.8 Å². The maximum atomic E-state index is 10.2. The van der Waals surface area contributed by atoms with E-state index in [2.05, 4.69) is 27.7 Å². The third-order valence-corrected chi connectivity index (χ3v) is 2.63. The maximum absolute atomic E-state index is 10.2. The van der Waals surface area contributed by atoms with Crippen molar-refractivity contribution in [2.75, 3.05) is 0 Å². The molecule has 3 unspecified atom stereocenters. The Morgan fingerprint density at radius 2 is 1.88 bits per heavy atom. The van der Waals surface area contributed by atoms with Crippen molar-refractivity contribution in [2.45, 2.75) is 58.8 Å². The molecule has 1 heterocycles. The topological polar surface area (TPSA) is 35.5 Å². The van der Waals surface area contributed by atoms with Gasteiger partial charge >= 0.3 is 51.4 Å². The summed E-state index contributed by atoms with van der Waals surface area (Å²) in [4.78, 5) is 10.2. The average Bonchev–Trinajstić information content (AvgIpc) is 2.07. The van der Waals surface area contributed by atoms with Crippen LogP contribution in [0.3, 0.4) is 0 Å². The van der Waals surface area contributed by atoms with Gasteiger partial charge in [-0.1, -0.05) is 27.2 Å². The molecule has 0 aromatic carbocycles. The molecule has 0 saturated carbocycles. The quantitative estimate of drug-likeness (QED) is 0.492. The first-order chi connectivity index (χ1) is 6.45. The van der Waals surface area contributed by atoms with E-state index in [9.17, 15) is 4.79 Å². The van der Waals surface area contributed by atoms with Gasteiger partial charge in [-0.25, -0.2) is 0 Å². The summed E-state index contributed by atoms with van der Waals surface area (Å²) < 4.78 is 10.8. The third kappa shape index (κ3) is 5.60. The molecule has 1 aliphatic rings. The van der Waals surface area contributed by atoms with Crippen LogP contribution in [0.25, 0.3) is 0 Å². The molecule has 4 heteroatoms. The maximum Gasteiger partial charge on any atom is 1.00 e. The van der Waals surface area contributed by atoms with Crippen LogP contribution in [0.4, 0.5) is 0 Å². The van der Waals surface area contributed by atoms with Gasteiger partial charge in [-0.15, -0.1) is 0 Å². The van der Waals surface area contributed by atoms with Crippen LogP contribution in [0.1, 0.15) is 40.5 Å². The summed E-state index contributed by atoms with van der Waals surface area (Å²) in [5.41, 5.74) is -0.00377. The Kier molecular flexibility index (Phi) is 9.97. The van der Waals surface area contributed by atoms with Gasteiger partial charge in [-0.05, 0) is 25.2 Å². The fourth-order valence-corrected chi connectivity index (χ4v) is 1.90. The third-order valence-electron chi connectivity index (χ3n) is 2.63. The summed E-state index contributed by atoms with van der Waals surface area (Å²) >= 11 is 0. The molecule has 0 radical (unpaired) electrons. The second kappa shape index (κ2) is 8.22. The number of hydrogen-bond acceptors (Lipinski definition) is 3. The van der Waals surface area contributed by atoms with Crippen LogP contribution in [0.2, 0.25) is 0 Å². The minimum absolute atomic E-state index is 0. The van der Waals surface area contributed by atoms with Crippen molar-refractivity contribution >= 4 is 6.47 Å². The Morgan fingerprint density at radius 1 is 1.31 bits per heavy atom. The first-order valence-corrected chi connectivity index (χ1v) is 5.13. The molecule has 0 aromatic heterocycles. The molecule has 90 valence electrons. The minimum atomic E-state index is -0.135. The Labute approximate surface area is 142 Å². The van der Waals surface area contributed by atoms with Crippen LogP contribution in [0.15, 0.2) is 0 Å². The Morgan fingerprint density at radius 3 is 2.31 bits per heavy atom. The van der Waals surface area contributed by atoms with Gasteiger partial charge in [0.2, 0.25) is 0 Å². The number of hydrogen-bond donors (Lipinski definition) is 0. The van der Waals surface area contributed by atoms with Gasteiger partial charge in [0.1, 0.15) is 0 Å². The number of rotatable bonds is 2. The summed E-state index contributed by atoms with van der Waals surface area (Å²) in [6.07, 6.45) is 1.92. The fraction of sp³-hybridized carbons (Fsp3) is 0.833. The standard InChI is InChI=1S/C11H19O3.CH3.K/c1-8-5-6-9(13-7-12)10(14-8)11(2,3)4;;/h8-10H,5-6H2,1-4H3;1H3;/q2*-1;+1. The van der Waals surface area contributed by atoms with Gasteiger partial charge in [-0.2, -0.15) is 0 Å².